The number of aryl methyl sites for hydroxylation is 1. The molecule has 0 aliphatic heterocycles. The predicted octanol–water partition coefficient (Wildman–Crippen LogP) is 0.917. The molecule has 0 atom stereocenters. The van der Waals surface area contributed by atoms with E-state index >= 15 is 0 Å². The van der Waals surface area contributed by atoms with Gasteiger partial charge in [0.05, 0.1) is 0 Å². The summed E-state index contributed by atoms with van der Waals surface area (Å²) in [6.45, 7) is 2.08. The Balaban J connectivity index is 0.000000226. The van der Waals surface area contributed by atoms with Crippen molar-refractivity contribution in [1.29, 1.82) is 0 Å². The summed E-state index contributed by atoms with van der Waals surface area (Å²) in [5.74, 6) is 0. The van der Waals surface area contributed by atoms with E-state index in [1.165, 1.54) is 5.56 Å². The van der Waals surface area contributed by atoms with Gasteiger partial charge in [-0.05, 0) is 6.92 Å². The van der Waals surface area contributed by atoms with Crippen LogP contribution in [0.25, 0.3) is 0 Å². The maximum absolute atomic E-state index is 9.41. The summed E-state index contributed by atoms with van der Waals surface area (Å²) >= 11 is -4.78. The fraction of sp³-hybridized carbons (Fsp3) is 0.250. The van der Waals surface area contributed by atoms with Gasteiger partial charge in [0.1, 0.15) is 0 Å². The zero-order valence-corrected chi connectivity index (χ0v) is 9.18. The van der Waals surface area contributed by atoms with Crippen molar-refractivity contribution in [2.24, 2.45) is 0 Å². The first-order valence-corrected chi connectivity index (χ1v) is 6.37. The molecule has 0 spiro atoms. The molecule has 0 saturated carbocycles. The van der Waals surface area contributed by atoms with Gasteiger partial charge in [0.2, 0.25) is 0 Å². The molecule has 1 aromatic carbocycles. The maximum Gasteiger partial charge on any atom is -0.0398 e. The summed E-state index contributed by atoms with van der Waals surface area (Å²) in [7, 11) is 0.903. The molecule has 0 heterocycles. The molecule has 0 bridgehead atoms. The van der Waals surface area contributed by atoms with E-state index in [2.05, 4.69) is 22.9 Å². The number of hydrogen-bond donors (Lipinski definition) is 1. The summed E-state index contributed by atoms with van der Waals surface area (Å²) in [5.41, 5.74) is 1.32. The van der Waals surface area contributed by atoms with E-state index in [-0.39, 0.29) is 0 Å². The van der Waals surface area contributed by atoms with E-state index < -0.39 is 13.4 Å². The van der Waals surface area contributed by atoms with Crippen molar-refractivity contribution in [1.82, 2.24) is 0 Å². The second-order valence-corrected chi connectivity index (χ2v) is 4.74. The topological polar surface area (TPSA) is 63.6 Å². The molecule has 1 rings (SSSR count). The summed E-state index contributed by atoms with van der Waals surface area (Å²) in [6.07, 6.45) is 0. The number of rotatable bonds is 1. The van der Waals surface area contributed by atoms with Crippen LogP contribution in [-0.4, -0.2) is 24.7 Å². The van der Waals surface area contributed by atoms with Crippen LogP contribution in [0, 0.1) is 6.92 Å². The first-order valence-electron chi connectivity index (χ1n) is 3.50. The SMILES string of the molecule is CO[Se](=O)(=O)O.Cc1ccccc1. The second-order valence-electron chi connectivity index (χ2n) is 2.25. The Morgan fingerprint density at radius 1 is 1.23 bits per heavy atom. The van der Waals surface area contributed by atoms with Gasteiger partial charge in [0, 0.05) is 0 Å². The summed E-state index contributed by atoms with van der Waals surface area (Å²) in [4.78, 5) is 0. The van der Waals surface area contributed by atoms with Crippen molar-refractivity contribution < 1.29 is 15.7 Å². The fourth-order valence-electron chi connectivity index (χ4n) is 0.534. The summed E-state index contributed by atoms with van der Waals surface area (Å²) in [5, 5.41) is 0. The van der Waals surface area contributed by atoms with Crippen LogP contribution in [0.5, 0.6) is 0 Å². The zero-order valence-electron chi connectivity index (χ0n) is 7.47. The van der Waals surface area contributed by atoms with E-state index in [1.807, 2.05) is 18.2 Å². The molecule has 0 radical (unpaired) electrons. The van der Waals surface area contributed by atoms with Crippen LogP contribution < -0.4 is 0 Å². The minimum Gasteiger partial charge on any atom is -0.0622 e. The molecule has 1 aromatic rings. The number of hydrogen-bond acceptors (Lipinski definition) is 3. The summed E-state index contributed by atoms with van der Waals surface area (Å²) < 4.78 is 30.0. The van der Waals surface area contributed by atoms with E-state index in [1.54, 1.807) is 0 Å². The van der Waals surface area contributed by atoms with Gasteiger partial charge in [-0.3, -0.25) is 0 Å². The van der Waals surface area contributed by atoms with Gasteiger partial charge in [0.15, 0.2) is 0 Å². The van der Waals surface area contributed by atoms with Crippen molar-refractivity contribution in [2.45, 2.75) is 6.92 Å². The zero-order chi connectivity index (χ0) is 10.3. The molecular weight excluding hydrogens is 239 g/mol. The molecule has 4 nitrogen and oxygen atoms in total. The predicted molar refractivity (Wildman–Crippen MR) is 47.5 cm³/mol. The summed E-state index contributed by atoms with van der Waals surface area (Å²) in [6, 6.07) is 10.3. The molecule has 5 heteroatoms. The van der Waals surface area contributed by atoms with Crippen LogP contribution in [0.3, 0.4) is 0 Å². The molecule has 0 fully saturated rings. The van der Waals surface area contributed by atoms with E-state index in [9.17, 15) is 7.67 Å². The molecule has 1 N–H and O–H groups in total. The van der Waals surface area contributed by atoms with Gasteiger partial charge in [-0.2, -0.15) is 0 Å². The average Bonchev–Trinajstić information content (AvgIpc) is 2.06. The van der Waals surface area contributed by atoms with Gasteiger partial charge in [-0.25, -0.2) is 0 Å². The Morgan fingerprint density at radius 3 is 1.77 bits per heavy atom. The Labute approximate surface area is 79.4 Å². The van der Waals surface area contributed by atoms with Gasteiger partial charge < -0.3 is 0 Å². The van der Waals surface area contributed by atoms with Crippen molar-refractivity contribution in [3.8, 4) is 0 Å². The average molecular weight is 251 g/mol. The number of benzene rings is 1. The monoisotopic (exact) mass is 252 g/mol. The van der Waals surface area contributed by atoms with Crippen molar-refractivity contribution >= 4 is 13.4 Å². The largest absolute Gasteiger partial charge is 0.0622 e. The quantitative estimate of drug-likeness (QED) is 0.754. The Morgan fingerprint density at radius 2 is 1.62 bits per heavy atom. The molecule has 13 heavy (non-hydrogen) atoms. The van der Waals surface area contributed by atoms with Crippen LogP contribution in [0.4, 0.5) is 0 Å². The van der Waals surface area contributed by atoms with E-state index in [4.69, 9.17) is 4.19 Å². The fourth-order valence-corrected chi connectivity index (χ4v) is 0.534. The van der Waals surface area contributed by atoms with Gasteiger partial charge in [-0.15, -0.1) is 0 Å². The van der Waals surface area contributed by atoms with Crippen LogP contribution in [0.1, 0.15) is 5.56 Å². The molecule has 0 amide bonds. The Kier molecular flexibility index (Phi) is 5.50. The normalized spacial score (nSPS) is 10.1. The second kappa shape index (κ2) is 5.83. The van der Waals surface area contributed by atoms with Crippen molar-refractivity contribution in [3.63, 3.8) is 0 Å². The van der Waals surface area contributed by atoms with Gasteiger partial charge >= 0.3 is 36.2 Å². The first kappa shape index (κ1) is 12.3. The third-order valence-electron chi connectivity index (χ3n) is 1.15. The minimum atomic E-state index is -4.78. The molecular formula is C8H12O4Se. The Bertz CT molecular complexity index is 317. The van der Waals surface area contributed by atoms with Crippen LogP contribution in [0.2, 0.25) is 0 Å². The van der Waals surface area contributed by atoms with Crippen LogP contribution in [0.15, 0.2) is 30.3 Å². The molecule has 74 valence electrons. The molecule has 0 unspecified atom stereocenters. The maximum atomic E-state index is 9.41. The molecule has 0 aromatic heterocycles. The van der Waals surface area contributed by atoms with E-state index in [0.717, 1.165) is 7.11 Å². The minimum absolute atomic E-state index is 0.903. The molecule has 0 aliphatic carbocycles. The van der Waals surface area contributed by atoms with Gasteiger partial charge in [-0.1, -0.05) is 35.9 Å². The smallest absolute Gasteiger partial charge is 0.0398 e. The molecule has 0 saturated heterocycles. The van der Waals surface area contributed by atoms with Gasteiger partial charge in [0.25, 0.3) is 0 Å². The van der Waals surface area contributed by atoms with Crippen LogP contribution in [-0.2, 0) is 11.5 Å². The third kappa shape index (κ3) is 9.17. The van der Waals surface area contributed by atoms with Crippen molar-refractivity contribution in [3.05, 3.63) is 35.9 Å². The van der Waals surface area contributed by atoms with E-state index in [0.29, 0.717) is 0 Å². The van der Waals surface area contributed by atoms with Crippen molar-refractivity contribution in [2.75, 3.05) is 7.11 Å². The Hall–Kier alpha value is -0.741. The van der Waals surface area contributed by atoms with Crippen LogP contribution >= 0.6 is 0 Å². The molecule has 0 aliphatic rings. The standard InChI is InChI=1S/C7H8.CH4O4Se/c1-7-5-3-2-4-6-7;1-5-6(2,3)4/h2-6H,1H3;1H3,(H,2,3,4). The third-order valence-corrected chi connectivity index (χ3v) is 2.03. The first-order chi connectivity index (χ1) is 5.95.